The van der Waals surface area contributed by atoms with Crippen molar-refractivity contribution in [3.63, 3.8) is 0 Å². The second-order valence-electron chi connectivity index (χ2n) is 3.18. The molecule has 0 bridgehead atoms. The summed E-state index contributed by atoms with van der Waals surface area (Å²) in [6, 6.07) is 0. The van der Waals surface area contributed by atoms with E-state index in [9.17, 15) is 14.4 Å². The van der Waals surface area contributed by atoms with E-state index in [1.165, 1.54) is 0 Å². The van der Waals surface area contributed by atoms with Crippen LogP contribution in [0.15, 0.2) is 0 Å². The van der Waals surface area contributed by atoms with Crippen LogP contribution in [-0.2, 0) is 14.2 Å². The van der Waals surface area contributed by atoms with Crippen molar-refractivity contribution in [2.45, 2.75) is 26.4 Å². The van der Waals surface area contributed by atoms with Crippen LogP contribution in [0.25, 0.3) is 0 Å². The predicted octanol–water partition coefficient (Wildman–Crippen LogP) is 1.75. The first-order valence-corrected chi connectivity index (χ1v) is 3.56. The standard InChI is InChI=1S/C7H10O7/c1-7(2,3)14-6(11)13-5(10)12-4(8)9/h1-3H3,(H,8,9). The quantitative estimate of drug-likeness (QED) is 0.476. The summed E-state index contributed by atoms with van der Waals surface area (Å²) in [4.78, 5) is 30.9. The van der Waals surface area contributed by atoms with Gasteiger partial charge in [-0.15, -0.1) is 0 Å². The van der Waals surface area contributed by atoms with Crippen LogP contribution in [-0.4, -0.2) is 29.2 Å². The van der Waals surface area contributed by atoms with Crippen molar-refractivity contribution in [1.82, 2.24) is 0 Å². The molecule has 0 saturated heterocycles. The first-order chi connectivity index (χ1) is 6.20. The Kier molecular flexibility index (Phi) is 3.88. The Morgan fingerprint density at radius 2 is 1.50 bits per heavy atom. The Morgan fingerprint density at radius 3 is 1.86 bits per heavy atom. The number of hydrogen-bond acceptors (Lipinski definition) is 6. The van der Waals surface area contributed by atoms with Gasteiger partial charge in [-0.05, 0) is 20.8 Å². The number of hydrogen-bond donors (Lipinski definition) is 1. The van der Waals surface area contributed by atoms with Gasteiger partial charge in [0.1, 0.15) is 5.60 Å². The third-order valence-electron chi connectivity index (χ3n) is 0.727. The van der Waals surface area contributed by atoms with Gasteiger partial charge in [-0.2, -0.15) is 0 Å². The highest BCUT2D eigenvalue weighted by Gasteiger charge is 2.22. The number of ether oxygens (including phenoxy) is 3. The average molecular weight is 206 g/mol. The van der Waals surface area contributed by atoms with Crippen LogP contribution < -0.4 is 0 Å². The van der Waals surface area contributed by atoms with E-state index < -0.39 is 24.1 Å². The van der Waals surface area contributed by atoms with E-state index in [1.807, 2.05) is 0 Å². The Labute approximate surface area is 79.5 Å². The zero-order chi connectivity index (χ0) is 11.4. The SMILES string of the molecule is CC(C)(C)OC(=O)OC(=O)OC(=O)O. The molecular weight excluding hydrogens is 196 g/mol. The predicted molar refractivity (Wildman–Crippen MR) is 41.8 cm³/mol. The molecule has 0 aliphatic carbocycles. The van der Waals surface area contributed by atoms with E-state index in [-0.39, 0.29) is 0 Å². The van der Waals surface area contributed by atoms with Crippen LogP contribution in [0, 0.1) is 0 Å². The normalized spacial score (nSPS) is 10.2. The van der Waals surface area contributed by atoms with E-state index in [4.69, 9.17) is 5.11 Å². The molecule has 0 heterocycles. The molecule has 0 aromatic rings. The first kappa shape index (κ1) is 12.2. The molecule has 0 unspecified atom stereocenters. The molecule has 0 aliphatic rings. The zero-order valence-corrected chi connectivity index (χ0v) is 7.90. The molecule has 0 spiro atoms. The van der Waals surface area contributed by atoms with Crippen molar-refractivity contribution in [2.75, 3.05) is 0 Å². The van der Waals surface area contributed by atoms with Crippen LogP contribution >= 0.6 is 0 Å². The van der Waals surface area contributed by atoms with Gasteiger partial charge < -0.3 is 19.3 Å². The van der Waals surface area contributed by atoms with Gasteiger partial charge >= 0.3 is 18.5 Å². The largest absolute Gasteiger partial charge is 0.528 e. The van der Waals surface area contributed by atoms with E-state index in [0.717, 1.165) is 0 Å². The molecule has 0 saturated carbocycles. The first-order valence-electron chi connectivity index (χ1n) is 3.56. The van der Waals surface area contributed by atoms with Crippen LogP contribution in [0.2, 0.25) is 0 Å². The lowest BCUT2D eigenvalue weighted by Gasteiger charge is -2.17. The maximum atomic E-state index is 10.7. The van der Waals surface area contributed by atoms with Gasteiger partial charge in [0.25, 0.3) is 0 Å². The molecule has 7 nitrogen and oxygen atoms in total. The Morgan fingerprint density at radius 1 is 1.00 bits per heavy atom. The fraction of sp³-hybridized carbons (Fsp3) is 0.571. The lowest BCUT2D eigenvalue weighted by atomic mass is 10.2. The molecule has 0 rings (SSSR count). The van der Waals surface area contributed by atoms with E-state index in [2.05, 4.69) is 14.2 Å². The molecule has 0 radical (unpaired) electrons. The van der Waals surface area contributed by atoms with Gasteiger partial charge in [0.15, 0.2) is 0 Å². The molecule has 0 aromatic carbocycles. The zero-order valence-electron chi connectivity index (χ0n) is 7.90. The minimum absolute atomic E-state index is 0.833. The summed E-state index contributed by atoms with van der Waals surface area (Å²) in [7, 11) is 0. The molecular formula is C7H10O7. The highest BCUT2D eigenvalue weighted by molar-refractivity contribution is 5.83. The molecule has 0 amide bonds. The topological polar surface area (TPSA) is 99.1 Å². The molecule has 7 heteroatoms. The number of carbonyl (C=O) groups excluding carboxylic acids is 2. The fourth-order valence-electron chi connectivity index (χ4n) is 0.431. The van der Waals surface area contributed by atoms with E-state index in [1.54, 1.807) is 20.8 Å². The van der Waals surface area contributed by atoms with Crippen molar-refractivity contribution in [3.8, 4) is 0 Å². The summed E-state index contributed by atoms with van der Waals surface area (Å²) in [5, 5.41) is 7.95. The van der Waals surface area contributed by atoms with Crippen molar-refractivity contribution < 1.29 is 33.7 Å². The van der Waals surface area contributed by atoms with E-state index >= 15 is 0 Å². The van der Waals surface area contributed by atoms with Gasteiger partial charge in [-0.3, -0.25) is 0 Å². The number of carbonyl (C=O) groups is 3. The maximum Gasteiger partial charge on any atom is 0.528 e. The average Bonchev–Trinajstić information content (AvgIpc) is 1.77. The Hall–Kier alpha value is -1.79. The van der Waals surface area contributed by atoms with Gasteiger partial charge in [0.2, 0.25) is 0 Å². The summed E-state index contributed by atoms with van der Waals surface area (Å²) in [5.74, 6) is 0. The Balaban J connectivity index is 3.96. The van der Waals surface area contributed by atoms with Crippen molar-refractivity contribution in [1.29, 1.82) is 0 Å². The summed E-state index contributed by atoms with van der Waals surface area (Å²) in [5.41, 5.74) is -0.833. The van der Waals surface area contributed by atoms with Crippen LogP contribution in [0.3, 0.4) is 0 Å². The molecule has 14 heavy (non-hydrogen) atoms. The summed E-state index contributed by atoms with van der Waals surface area (Å²) in [6.45, 7) is 4.66. The summed E-state index contributed by atoms with van der Waals surface area (Å²) >= 11 is 0. The molecule has 1 N–H and O–H groups in total. The maximum absolute atomic E-state index is 10.7. The second kappa shape index (κ2) is 4.45. The molecule has 0 atom stereocenters. The van der Waals surface area contributed by atoms with Crippen LogP contribution in [0.5, 0.6) is 0 Å². The van der Waals surface area contributed by atoms with Crippen molar-refractivity contribution in [2.24, 2.45) is 0 Å². The van der Waals surface area contributed by atoms with E-state index in [0.29, 0.717) is 0 Å². The van der Waals surface area contributed by atoms with Crippen LogP contribution in [0.4, 0.5) is 14.4 Å². The molecule has 80 valence electrons. The minimum atomic E-state index is -1.86. The molecule has 0 aliphatic heterocycles. The summed E-state index contributed by atoms with van der Waals surface area (Å²) < 4.78 is 11.9. The number of carboxylic acid groups (broad SMARTS) is 1. The third-order valence-corrected chi connectivity index (χ3v) is 0.727. The van der Waals surface area contributed by atoms with Crippen molar-refractivity contribution in [3.05, 3.63) is 0 Å². The smallest absolute Gasteiger partial charge is 0.449 e. The van der Waals surface area contributed by atoms with Crippen LogP contribution in [0.1, 0.15) is 20.8 Å². The highest BCUT2D eigenvalue weighted by atomic mass is 16.8. The summed E-state index contributed by atoms with van der Waals surface area (Å²) in [6.07, 6.45) is -4.82. The van der Waals surface area contributed by atoms with Crippen molar-refractivity contribution >= 4 is 18.5 Å². The van der Waals surface area contributed by atoms with Gasteiger partial charge in [0, 0.05) is 0 Å². The van der Waals surface area contributed by atoms with Gasteiger partial charge in [-0.25, -0.2) is 14.4 Å². The monoisotopic (exact) mass is 206 g/mol. The lowest BCUT2D eigenvalue weighted by molar-refractivity contribution is -0.00449. The van der Waals surface area contributed by atoms with Gasteiger partial charge in [0.05, 0.1) is 0 Å². The molecule has 0 aromatic heterocycles. The fourth-order valence-corrected chi connectivity index (χ4v) is 0.431. The second-order valence-corrected chi connectivity index (χ2v) is 3.18. The highest BCUT2D eigenvalue weighted by Crippen LogP contribution is 2.08. The third kappa shape index (κ3) is 6.89. The minimum Gasteiger partial charge on any atom is -0.449 e. The number of rotatable bonds is 0. The molecule has 0 fully saturated rings. The Bertz CT molecular complexity index is 249. The lowest BCUT2D eigenvalue weighted by Crippen LogP contribution is -2.26. The van der Waals surface area contributed by atoms with Gasteiger partial charge in [-0.1, -0.05) is 0 Å².